The van der Waals surface area contributed by atoms with E-state index in [1.165, 1.54) is 0 Å². The van der Waals surface area contributed by atoms with Crippen molar-refractivity contribution >= 4 is 22.6 Å². The standard InChI is InChI=1S/C24H19N5O2/c1-31-17-6-2-5-16(14-17)27-24(30)15-9-10-18-21(13-15)29-23(20-8-4-12-26-20)22(28-18)19-7-3-11-25-19/h2-14,25-26H,1H3,(H,27,30). The van der Waals surface area contributed by atoms with Crippen molar-refractivity contribution in [1.29, 1.82) is 0 Å². The number of aromatic amines is 2. The van der Waals surface area contributed by atoms with Crippen LogP contribution in [0, 0.1) is 0 Å². The number of amides is 1. The van der Waals surface area contributed by atoms with Gasteiger partial charge in [0, 0.05) is 29.7 Å². The van der Waals surface area contributed by atoms with Crippen molar-refractivity contribution < 1.29 is 9.53 Å². The molecule has 7 heteroatoms. The highest BCUT2D eigenvalue weighted by atomic mass is 16.5. The van der Waals surface area contributed by atoms with E-state index in [4.69, 9.17) is 14.7 Å². The first-order valence-electron chi connectivity index (χ1n) is 9.76. The molecule has 0 radical (unpaired) electrons. The Hall–Kier alpha value is -4.39. The molecule has 0 unspecified atom stereocenters. The van der Waals surface area contributed by atoms with E-state index in [9.17, 15) is 4.79 Å². The molecule has 3 aromatic heterocycles. The summed E-state index contributed by atoms with van der Waals surface area (Å²) in [6.45, 7) is 0. The first-order valence-corrected chi connectivity index (χ1v) is 9.76. The number of nitrogens with zero attached hydrogens (tertiary/aromatic N) is 2. The minimum Gasteiger partial charge on any atom is -0.497 e. The molecule has 5 rings (SSSR count). The van der Waals surface area contributed by atoms with E-state index in [1.807, 2.05) is 60.9 Å². The summed E-state index contributed by atoms with van der Waals surface area (Å²) >= 11 is 0. The Bertz CT molecular complexity index is 1360. The fourth-order valence-corrected chi connectivity index (χ4v) is 3.43. The van der Waals surface area contributed by atoms with Crippen LogP contribution in [0.3, 0.4) is 0 Å². The molecule has 152 valence electrons. The average Bonchev–Trinajstić information content (AvgIpc) is 3.52. The van der Waals surface area contributed by atoms with E-state index in [0.29, 0.717) is 33.7 Å². The molecule has 3 N–H and O–H groups in total. The van der Waals surface area contributed by atoms with Crippen molar-refractivity contribution in [3.8, 4) is 28.5 Å². The second-order valence-electron chi connectivity index (χ2n) is 6.98. The molecule has 0 aliphatic heterocycles. The minimum absolute atomic E-state index is 0.230. The van der Waals surface area contributed by atoms with Gasteiger partial charge in [0.15, 0.2) is 0 Å². The summed E-state index contributed by atoms with van der Waals surface area (Å²) < 4.78 is 5.22. The number of hydrogen-bond acceptors (Lipinski definition) is 4. The van der Waals surface area contributed by atoms with Crippen molar-refractivity contribution in [2.75, 3.05) is 12.4 Å². The zero-order valence-electron chi connectivity index (χ0n) is 16.7. The molecular formula is C24H19N5O2. The Kier molecular flexibility index (Phi) is 4.68. The normalized spacial score (nSPS) is 10.9. The number of carbonyl (C=O) groups excluding carboxylic acids is 1. The molecular weight excluding hydrogens is 390 g/mol. The number of H-pyrrole nitrogens is 2. The molecule has 7 nitrogen and oxygen atoms in total. The molecule has 2 aromatic carbocycles. The highest BCUT2D eigenvalue weighted by Crippen LogP contribution is 2.29. The van der Waals surface area contributed by atoms with Crippen LogP contribution in [-0.4, -0.2) is 33.0 Å². The summed E-state index contributed by atoms with van der Waals surface area (Å²) in [6, 6.07) is 20.3. The number of carbonyl (C=O) groups is 1. The van der Waals surface area contributed by atoms with Crippen LogP contribution in [0.4, 0.5) is 5.69 Å². The highest BCUT2D eigenvalue weighted by molar-refractivity contribution is 6.06. The number of aromatic nitrogens is 4. The van der Waals surface area contributed by atoms with Gasteiger partial charge in [-0.3, -0.25) is 4.79 Å². The maximum atomic E-state index is 12.8. The third-order valence-electron chi connectivity index (χ3n) is 4.96. The van der Waals surface area contributed by atoms with E-state index in [1.54, 1.807) is 25.3 Å². The van der Waals surface area contributed by atoms with Crippen molar-refractivity contribution in [2.45, 2.75) is 0 Å². The zero-order chi connectivity index (χ0) is 21.2. The molecule has 0 saturated heterocycles. The number of anilines is 1. The Morgan fingerprint density at radius 1 is 0.839 bits per heavy atom. The van der Waals surface area contributed by atoms with Gasteiger partial charge in [-0.25, -0.2) is 9.97 Å². The van der Waals surface area contributed by atoms with Gasteiger partial charge in [0.1, 0.15) is 17.1 Å². The Morgan fingerprint density at radius 3 is 2.19 bits per heavy atom. The third-order valence-corrected chi connectivity index (χ3v) is 4.96. The molecule has 0 aliphatic rings. The van der Waals surface area contributed by atoms with E-state index in [2.05, 4.69) is 15.3 Å². The molecule has 0 bridgehead atoms. The predicted molar refractivity (Wildman–Crippen MR) is 120 cm³/mol. The van der Waals surface area contributed by atoms with Gasteiger partial charge in [-0.15, -0.1) is 0 Å². The lowest BCUT2D eigenvalue weighted by atomic mass is 10.1. The first-order chi connectivity index (χ1) is 15.2. The van der Waals surface area contributed by atoms with Gasteiger partial charge in [0.25, 0.3) is 5.91 Å². The van der Waals surface area contributed by atoms with Gasteiger partial charge < -0.3 is 20.0 Å². The first kappa shape index (κ1) is 18.6. The van der Waals surface area contributed by atoms with Gasteiger partial charge in [0.05, 0.1) is 29.5 Å². The third kappa shape index (κ3) is 3.64. The monoisotopic (exact) mass is 409 g/mol. The molecule has 0 atom stereocenters. The highest BCUT2D eigenvalue weighted by Gasteiger charge is 2.16. The maximum Gasteiger partial charge on any atom is 0.255 e. The van der Waals surface area contributed by atoms with Crippen LogP contribution < -0.4 is 10.1 Å². The molecule has 3 heterocycles. The molecule has 5 aromatic rings. The number of rotatable bonds is 5. The Morgan fingerprint density at radius 2 is 1.55 bits per heavy atom. The SMILES string of the molecule is COc1cccc(NC(=O)c2ccc3nc(-c4ccc[nH]4)c(-c4ccc[nH]4)nc3c2)c1. The lowest BCUT2D eigenvalue weighted by Crippen LogP contribution is -2.12. The number of fused-ring (bicyclic) bond motifs is 1. The van der Waals surface area contributed by atoms with Crippen LogP contribution >= 0.6 is 0 Å². The van der Waals surface area contributed by atoms with Gasteiger partial charge >= 0.3 is 0 Å². The van der Waals surface area contributed by atoms with Crippen molar-refractivity contribution in [3.63, 3.8) is 0 Å². The Balaban J connectivity index is 1.55. The smallest absolute Gasteiger partial charge is 0.255 e. The van der Waals surface area contributed by atoms with Crippen LogP contribution in [-0.2, 0) is 0 Å². The number of ether oxygens (including phenoxy) is 1. The summed E-state index contributed by atoms with van der Waals surface area (Å²) in [5.41, 5.74) is 5.68. The second-order valence-corrected chi connectivity index (χ2v) is 6.98. The van der Waals surface area contributed by atoms with Gasteiger partial charge in [-0.2, -0.15) is 0 Å². The van der Waals surface area contributed by atoms with Gasteiger partial charge in [0.2, 0.25) is 0 Å². The lowest BCUT2D eigenvalue weighted by molar-refractivity contribution is 0.102. The molecule has 0 fully saturated rings. The number of hydrogen-bond donors (Lipinski definition) is 3. The second kappa shape index (κ2) is 7.79. The minimum atomic E-state index is -0.230. The summed E-state index contributed by atoms with van der Waals surface area (Å²) in [6.07, 6.45) is 3.70. The lowest BCUT2D eigenvalue weighted by Gasteiger charge is -2.10. The maximum absolute atomic E-state index is 12.8. The quantitative estimate of drug-likeness (QED) is 0.385. The van der Waals surface area contributed by atoms with Crippen LogP contribution in [0.15, 0.2) is 79.1 Å². The summed E-state index contributed by atoms with van der Waals surface area (Å²) in [5.74, 6) is 0.446. The van der Waals surface area contributed by atoms with Gasteiger partial charge in [-0.05, 0) is 54.6 Å². The summed E-state index contributed by atoms with van der Waals surface area (Å²) in [5, 5.41) is 2.90. The number of benzene rings is 2. The fourth-order valence-electron chi connectivity index (χ4n) is 3.43. The van der Waals surface area contributed by atoms with Crippen LogP contribution in [0.2, 0.25) is 0 Å². The molecule has 0 spiro atoms. The van der Waals surface area contributed by atoms with Crippen LogP contribution in [0.25, 0.3) is 33.8 Å². The van der Waals surface area contributed by atoms with Crippen LogP contribution in [0.5, 0.6) is 5.75 Å². The average molecular weight is 409 g/mol. The van der Waals surface area contributed by atoms with Crippen molar-refractivity contribution in [3.05, 3.63) is 84.7 Å². The molecule has 31 heavy (non-hydrogen) atoms. The van der Waals surface area contributed by atoms with E-state index in [-0.39, 0.29) is 5.91 Å². The van der Waals surface area contributed by atoms with E-state index in [0.717, 1.165) is 17.1 Å². The molecule has 0 aliphatic carbocycles. The topological polar surface area (TPSA) is 95.7 Å². The molecule has 0 saturated carbocycles. The predicted octanol–water partition coefficient (Wildman–Crippen LogP) is 4.88. The number of nitrogens with one attached hydrogen (secondary N) is 3. The largest absolute Gasteiger partial charge is 0.497 e. The van der Waals surface area contributed by atoms with Crippen molar-refractivity contribution in [1.82, 2.24) is 19.9 Å². The van der Waals surface area contributed by atoms with Crippen LogP contribution in [0.1, 0.15) is 10.4 Å². The zero-order valence-corrected chi connectivity index (χ0v) is 16.7. The number of methoxy groups -OCH3 is 1. The van der Waals surface area contributed by atoms with E-state index < -0.39 is 0 Å². The fraction of sp³-hybridized carbons (Fsp3) is 0.0417. The summed E-state index contributed by atoms with van der Waals surface area (Å²) in [4.78, 5) is 28.9. The Labute approximate surface area is 178 Å². The van der Waals surface area contributed by atoms with E-state index >= 15 is 0 Å². The molecule has 1 amide bonds. The van der Waals surface area contributed by atoms with Crippen molar-refractivity contribution in [2.24, 2.45) is 0 Å². The van der Waals surface area contributed by atoms with Gasteiger partial charge in [-0.1, -0.05) is 6.07 Å². The summed E-state index contributed by atoms with van der Waals surface area (Å²) in [7, 11) is 1.59.